The van der Waals surface area contributed by atoms with Crippen LogP contribution in [0.2, 0.25) is 0 Å². The highest BCUT2D eigenvalue weighted by molar-refractivity contribution is 9.10. The van der Waals surface area contributed by atoms with Gasteiger partial charge in [-0.1, -0.05) is 15.9 Å². The van der Waals surface area contributed by atoms with Gasteiger partial charge in [-0.3, -0.25) is 4.90 Å². The lowest BCUT2D eigenvalue weighted by molar-refractivity contribution is 0.0475. The van der Waals surface area contributed by atoms with Crippen LogP contribution in [-0.2, 0) is 11.3 Å². The summed E-state index contributed by atoms with van der Waals surface area (Å²) in [7, 11) is 0. The molecule has 2 aromatic rings. The Hall–Kier alpha value is -1.93. The number of likely N-dealkylation sites (tertiary alicyclic amines) is 1. The van der Waals surface area contributed by atoms with Crippen LogP contribution in [-0.4, -0.2) is 45.9 Å². The normalized spacial score (nSPS) is 16.3. The Labute approximate surface area is 167 Å². The molecule has 146 valence electrons. The van der Waals surface area contributed by atoms with Crippen molar-refractivity contribution in [3.63, 3.8) is 0 Å². The minimum absolute atomic E-state index is 0.136. The van der Waals surface area contributed by atoms with Gasteiger partial charge in [-0.25, -0.2) is 4.79 Å². The summed E-state index contributed by atoms with van der Waals surface area (Å²) in [5.74, 6) is 1.13. The van der Waals surface area contributed by atoms with Gasteiger partial charge in [-0.15, -0.1) is 10.2 Å². The van der Waals surface area contributed by atoms with Gasteiger partial charge in [-0.2, -0.15) is 0 Å². The molecule has 8 heteroatoms. The van der Waals surface area contributed by atoms with Crippen molar-refractivity contribution in [3.05, 3.63) is 34.6 Å². The number of nitrogens with zero attached hydrogens (tertiary/aromatic N) is 3. The second-order valence-corrected chi connectivity index (χ2v) is 8.62. The molecule has 1 saturated heterocycles. The first-order chi connectivity index (χ1) is 12.8. The third kappa shape index (κ3) is 6.04. The lowest BCUT2D eigenvalue weighted by atomic mass is 10.1. The molecule has 1 amide bonds. The van der Waals surface area contributed by atoms with E-state index in [4.69, 9.17) is 9.15 Å². The maximum Gasteiger partial charge on any atom is 0.407 e. The van der Waals surface area contributed by atoms with Crippen LogP contribution < -0.4 is 5.32 Å². The highest BCUT2D eigenvalue weighted by Gasteiger charge is 2.24. The van der Waals surface area contributed by atoms with Crippen molar-refractivity contribution in [2.24, 2.45) is 0 Å². The van der Waals surface area contributed by atoms with E-state index in [1.807, 2.05) is 45.0 Å². The van der Waals surface area contributed by atoms with E-state index >= 15 is 0 Å². The minimum atomic E-state index is -0.477. The number of amides is 1. The van der Waals surface area contributed by atoms with E-state index in [0.717, 1.165) is 36.0 Å². The number of ether oxygens (including phenoxy) is 1. The number of aromatic nitrogens is 2. The molecule has 1 fully saturated rings. The molecule has 3 rings (SSSR count). The Morgan fingerprint density at radius 3 is 2.56 bits per heavy atom. The standard InChI is InChI=1S/C19H25BrN4O3/c1-19(2,3)27-18(25)21-15-8-10-24(11-9-15)12-16-22-23-17(26-16)13-4-6-14(20)7-5-13/h4-7,15H,8-12H2,1-3H3,(H,21,25). The summed E-state index contributed by atoms with van der Waals surface area (Å²) in [6.45, 7) is 7.92. The van der Waals surface area contributed by atoms with Gasteiger partial charge >= 0.3 is 6.09 Å². The van der Waals surface area contributed by atoms with Crippen molar-refractivity contribution in [1.82, 2.24) is 20.4 Å². The van der Waals surface area contributed by atoms with Gasteiger partial charge in [0.2, 0.25) is 11.8 Å². The average molecular weight is 437 g/mol. The highest BCUT2D eigenvalue weighted by atomic mass is 79.9. The molecule has 1 N–H and O–H groups in total. The molecular formula is C19H25BrN4O3. The molecule has 0 radical (unpaired) electrons. The van der Waals surface area contributed by atoms with Crippen LogP contribution in [0.3, 0.4) is 0 Å². The Balaban J connectivity index is 1.47. The first-order valence-electron chi connectivity index (χ1n) is 9.09. The molecule has 1 aliphatic heterocycles. The quantitative estimate of drug-likeness (QED) is 0.779. The predicted octanol–water partition coefficient (Wildman–Crippen LogP) is 3.99. The Morgan fingerprint density at radius 2 is 1.93 bits per heavy atom. The first kappa shape index (κ1) is 19.8. The zero-order valence-electron chi connectivity index (χ0n) is 15.9. The van der Waals surface area contributed by atoms with Crippen molar-refractivity contribution in [2.45, 2.75) is 51.8 Å². The first-order valence-corrected chi connectivity index (χ1v) is 9.88. The maximum absolute atomic E-state index is 11.9. The van der Waals surface area contributed by atoms with Crippen LogP contribution in [0.1, 0.15) is 39.5 Å². The van der Waals surface area contributed by atoms with Crippen molar-refractivity contribution in [2.75, 3.05) is 13.1 Å². The van der Waals surface area contributed by atoms with E-state index in [-0.39, 0.29) is 12.1 Å². The molecule has 1 aliphatic rings. The maximum atomic E-state index is 11.9. The molecule has 1 aromatic heterocycles. The average Bonchev–Trinajstić information content (AvgIpc) is 3.04. The van der Waals surface area contributed by atoms with Crippen molar-refractivity contribution in [3.8, 4) is 11.5 Å². The molecule has 27 heavy (non-hydrogen) atoms. The third-order valence-corrected chi connectivity index (χ3v) is 4.75. The van der Waals surface area contributed by atoms with Crippen molar-refractivity contribution < 1.29 is 13.9 Å². The largest absolute Gasteiger partial charge is 0.444 e. The van der Waals surface area contributed by atoms with Gasteiger partial charge in [0.25, 0.3) is 0 Å². The van der Waals surface area contributed by atoms with E-state index in [1.54, 1.807) is 0 Å². The van der Waals surface area contributed by atoms with Gasteiger partial charge < -0.3 is 14.5 Å². The molecule has 0 aliphatic carbocycles. The fraction of sp³-hybridized carbons (Fsp3) is 0.526. The molecule has 0 spiro atoms. The number of hydrogen-bond acceptors (Lipinski definition) is 6. The monoisotopic (exact) mass is 436 g/mol. The summed E-state index contributed by atoms with van der Waals surface area (Å²) in [6, 6.07) is 7.91. The van der Waals surface area contributed by atoms with Crippen LogP contribution in [0, 0.1) is 0 Å². The molecular weight excluding hydrogens is 412 g/mol. The second-order valence-electron chi connectivity index (χ2n) is 7.70. The molecule has 0 saturated carbocycles. The number of nitrogens with one attached hydrogen (secondary N) is 1. The fourth-order valence-electron chi connectivity index (χ4n) is 2.93. The Morgan fingerprint density at radius 1 is 1.26 bits per heavy atom. The third-order valence-electron chi connectivity index (χ3n) is 4.23. The number of rotatable bonds is 4. The molecule has 0 unspecified atom stereocenters. The summed E-state index contributed by atoms with van der Waals surface area (Å²) in [4.78, 5) is 14.1. The second kappa shape index (κ2) is 8.39. The number of piperidine rings is 1. The van der Waals surface area contributed by atoms with Crippen LogP contribution in [0.15, 0.2) is 33.2 Å². The summed E-state index contributed by atoms with van der Waals surface area (Å²) in [5.41, 5.74) is 0.423. The Bertz CT molecular complexity index is 762. The van der Waals surface area contributed by atoms with Gasteiger partial charge in [0.1, 0.15) is 5.60 Å². The van der Waals surface area contributed by atoms with E-state index in [0.29, 0.717) is 18.3 Å². The topological polar surface area (TPSA) is 80.5 Å². The smallest absolute Gasteiger partial charge is 0.407 e. The fourth-order valence-corrected chi connectivity index (χ4v) is 3.19. The van der Waals surface area contributed by atoms with Crippen LogP contribution >= 0.6 is 15.9 Å². The van der Waals surface area contributed by atoms with Crippen LogP contribution in [0.4, 0.5) is 4.79 Å². The molecule has 7 nitrogen and oxygen atoms in total. The summed E-state index contributed by atoms with van der Waals surface area (Å²) < 4.78 is 12.1. The molecule has 2 heterocycles. The van der Waals surface area contributed by atoms with Gasteiger partial charge in [0, 0.05) is 29.2 Å². The molecule has 0 atom stereocenters. The van der Waals surface area contributed by atoms with E-state index in [9.17, 15) is 4.79 Å². The van der Waals surface area contributed by atoms with E-state index in [1.165, 1.54) is 0 Å². The van der Waals surface area contributed by atoms with Gasteiger partial charge in [-0.05, 0) is 57.9 Å². The SMILES string of the molecule is CC(C)(C)OC(=O)NC1CCN(Cc2nnc(-c3ccc(Br)cc3)o2)CC1. The predicted molar refractivity (Wildman–Crippen MR) is 105 cm³/mol. The number of halogens is 1. The molecule has 0 bridgehead atoms. The number of carbonyl (C=O) groups is 1. The number of carbonyl (C=O) groups excluding carboxylic acids is 1. The van der Waals surface area contributed by atoms with E-state index < -0.39 is 5.60 Å². The van der Waals surface area contributed by atoms with E-state index in [2.05, 4.69) is 36.3 Å². The zero-order chi connectivity index (χ0) is 19.4. The number of benzene rings is 1. The van der Waals surface area contributed by atoms with Gasteiger partial charge in [0.15, 0.2) is 0 Å². The van der Waals surface area contributed by atoms with Crippen LogP contribution in [0.5, 0.6) is 0 Å². The summed E-state index contributed by atoms with van der Waals surface area (Å²) >= 11 is 3.42. The lowest BCUT2D eigenvalue weighted by Gasteiger charge is -2.31. The van der Waals surface area contributed by atoms with Gasteiger partial charge in [0.05, 0.1) is 6.54 Å². The van der Waals surface area contributed by atoms with Crippen molar-refractivity contribution in [1.29, 1.82) is 0 Å². The summed E-state index contributed by atoms with van der Waals surface area (Å²) in [5, 5.41) is 11.2. The highest BCUT2D eigenvalue weighted by Crippen LogP contribution is 2.21. The summed E-state index contributed by atoms with van der Waals surface area (Å²) in [6.07, 6.45) is 1.39. The van der Waals surface area contributed by atoms with Crippen molar-refractivity contribution >= 4 is 22.0 Å². The molecule has 1 aromatic carbocycles. The van der Waals surface area contributed by atoms with Crippen LogP contribution in [0.25, 0.3) is 11.5 Å². The lowest BCUT2D eigenvalue weighted by Crippen LogP contribution is -2.45. The number of alkyl carbamates (subject to hydrolysis) is 1. The Kier molecular flexibility index (Phi) is 6.16. The minimum Gasteiger partial charge on any atom is -0.444 e. The number of hydrogen-bond donors (Lipinski definition) is 1. The zero-order valence-corrected chi connectivity index (χ0v) is 17.5.